The normalized spacial score (nSPS) is 14.9. The van der Waals surface area contributed by atoms with E-state index in [9.17, 15) is 9.90 Å². The van der Waals surface area contributed by atoms with Gasteiger partial charge in [0.25, 0.3) is 0 Å². The number of nitrogen functional groups attached to an aromatic ring is 1. The Bertz CT molecular complexity index is 1360. The zero-order chi connectivity index (χ0) is 24.2. The van der Waals surface area contributed by atoms with Gasteiger partial charge >= 0.3 is 5.97 Å². The maximum absolute atomic E-state index is 11.6. The molecule has 1 aromatic carbocycles. The molecule has 15 heteroatoms. The third-order valence-corrected chi connectivity index (χ3v) is 5.76. The molecule has 35 heavy (non-hydrogen) atoms. The summed E-state index contributed by atoms with van der Waals surface area (Å²) in [6, 6.07) is 9.74. The summed E-state index contributed by atoms with van der Waals surface area (Å²) in [5.74, 6) is 0.180. The van der Waals surface area contributed by atoms with Crippen molar-refractivity contribution in [3.8, 4) is 5.75 Å². The standard InChI is InChI=1S/C20H20N10O4S/c21-20-25-14(9-35-20)17(19(31)32)28-34-15(18-26-29-30-27-18)8-33-12-2-3-13-10(5-12)1-4-16(24-13)23-11-6-22-7-11/h1-5,9,11,15,22H,6-8H2,(H2,21,25)(H,23,24)(H,31,32)(H,26,27,29,30)/b28-17-. The highest BCUT2D eigenvalue weighted by Crippen LogP contribution is 2.24. The number of hydrogen-bond acceptors (Lipinski definition) is 13. The van der Waals surface area contributed by atoms with Crippen LogP contribution in [0.3, 0.4) is 0 Å². The third kappa shape index (κ3) is 5.25. The average Bonchev–Trinajstić information content (AvgIpc) is 3.50. The van der Waals surface area contributed by atoms with Gasteiger partial charge in [-0.05, 0) is 30.3 Å². The third-order valence-electron chi connectivity index (χ3n) is 5.08. The first-order chi connectivity index (χ1) is 17.0. The van der Waals surface area contributed by atoms with Gasteiger partial charge in [-0.3, -0.25) is 0 Å². The maximum Gasteiger partial charge on any atom is 0.360 e. The number of rotatable bonds is 10. The van der Waals surface area contributed by atoms with Gasteiger partial charge in [0, 0.05) is 23.9 Å². The van der Waals surface area contributed by atoms with Gasteiger partial charge in [-0.2, -0.15) is 5.21 Å². The Hall–Kier alpha value is -4.37. The number of fused-ring (bicyclic) bond motifs is 1. The molecule has 1 aliphatic rings. The number of H-pyrrole nitrogens is 1. The van der Waals surface area contributed by atoms with Crippen molar-refractivity contribution in [3.05, 3.63) is 47.2 Å². The van der Waals surface area contributed by atoms with Crippen molar-refractivity contribution in [2.24, 2.45) is 5.16 Å². The van der Waals surface area contributed by atoms with Crippen LogP contribution in [0.2, 0.25) is 0 Å². The number of oxime groups is 1. The molecule has 0 saturated carbocycles. The van der Waals surface area contributed by atoms with E-state index in [4.69, 9.17) is 15.3 Å². The monoisotopic (exact) mass is 496 g/mol. The number of carboxylic acid groups (broad SMARTS) is 1. The summed E-state index contributed by atoms with van der Waals surface area (Å²) in [6.45, 7) is 1.78. The molecule has 14 nitrogen and oxygen atoms in total. The second kappa shape index (κ2) is 9.86. The molecule has 4 aromatic rings. The molecule has 1 atom stereocenters. The minimum atomic E-state index is -1.33. The number of benzene rings is 1. The van der Waals surface area contributed by atoms with Crippen LogP contribution >= 0.6 is 11.3 Å². The first-order valence-corrected chi connectivity index (χ1v) is 11.4. The van der Waals surface area contributed by atoms with Crippen LogP contribution in [0.4, 0.5) is 10.9 Å². The predicted octanol–water partition coefficient (Wildman–Crippen LogP) is 0.796. The van der Waals surface area contributed by atoms with Crippen molar-refractivity contribution in [1.29, 1.82) is 0 Å². The molecule has 0 bridgehead atoms. The number of nitrogens with one attached hydrogen (secondary N) is 3. The van der Waals surface area contributed by atoms with Crippen molar-refractivity contribution in [2.75, 3.05) is 30.7 Å². The van der Waals surface area contributed by atoms with Gasteiger partial charge in [-0.15, -0.1) is 21.5 Å². The van der Waals surface area contributed by atoms with Crippen LogP contribution in [0, 0.1) is 0 Å². The summed E-state index contributed by atoms with van der Waals surface area (Å²) in [7, 11) is 0. The second-order valence-electron chi connectivity index (χ2n) is 7.54. The number of carboxylic acids is 1. The number of aromatic nitrogens is 6. The van der Waals surface area contributed by atoms with Crippen LogP contribution in [0.15, 0.2) is 40.9 Å². The van der Waals surface area contributed by atoms with Gasteiger partial charge in [0.05, 0.1) is 11.6 Å². The highest BCUT2D eigenvalue weighted by molar-refractivity contribution is 7.13. The summed E-state index contributed by atoms with van der Waals surface area (Å²) in [6.07, 6.45) is -0.949. The number of aromatic amines is 1. The maximum atomic E-state index is 11.6. The zero-order valence-electron chi connectivity index (χ0n) is 18.1. The van der Waals surface area contributed by atoms with Crippen molar-refractivity contribution in [1.82, 2.24) is 35.9 Å². The number of thiazole rings is 1. The quantitative estimate of drug-likeness (QED) is 0.153. The Labute approximate surface area is 201 Å². The van der Waals surface area contributed by atoms with E-state index in [2.05, 4.69) is 46.4 Å². The number of aliphatic carboxylic acids is 1. The molecule has 0 radical (unpaired) electrons. The Balaban J connectivity index is 1.30. The van der Waals surface area contributed by atoms with E-state index in [1.54, 1.807) is 6.07 Å². The van der Waals surface area contributed by atoms with Gasteiger partial charge in [-0.25, -0.2) is 14.8 Å². The SMILES string of the molecule is Nc1nc(/C(=N/OC(COc2ccc3nc(NC4CNC4)ccc3c2)c2nn[nH]n2)C(=O)O)cs1. The summed E-state index contributed by atoms with van der Waals surface area (Å²) in [5.41, 5.74) is 6.08. The molecule has 1 aliphatic heterocycles. The van der Waals surface area contributed by atoms with Crippen molar-refractivity contribution < 1.29 is 19.5 Å². The van der Waals surface area contributed by atoms with E-state index in [1.807, 2.05) is 24.3 Å². The van der Waals surface area contributed by atoms with E-state index >= 15 is 0 Å². The lowest BCUT2D eigenvalue weighted by Gasteiger charge is -2.28. The lowest BCUT2D eigenvalue weighted by Crippen LogP contribution is -2.51. The first kappa shape index (κ1) is 22.4. The molecule has 6 N–H and O–H groups in total. The van der Waals surface area contributed by atoms with Crippen LogP contribution in [-0.2, 0) is 9.63 Å². The number of carbonyl (C=O) groups is 1. The largest absolute Gasteiger partial charge is 0.489 e. The molecular formula is C20H20N10O4S. The average molecular weight is 497 g/mol. The number of nitrogens with two attached hydrogens (primary N) is 1. The van der Waals surface area contributed by atoms with E-state index < -0.39 is 17.8 Å². The minimum Gasteiger partial charge on any atom is -0.489 e. The van der Waals surface area contributed by atoms with Gasteiger partial charge in [0.15, 0.2) is 5.13 Å². The molecule has 180 valence electrons. The number of hydrogen-bond donors (Lipinski definition) is 5. The van der Waals surface area contributed by atoms with Crippen LogP contribution in [-0.4, -0.2) is 73.1 Å². The molecule has 1 saturated heterocycles. The highest BCUT2D eigenvalue weighted by atomic mass is 32.1. The fourth-order valence-corrected chi connectivity index (χ4v) is 3.76. The molecular weight excluding hydrogens is 476 g/mol. The zero-order valence-corrected chi connectivity index (χ0v) is 18.9. The Morgan fingerprint density at radius 3 is 2.89 bits per heavy atom. The van der Waals surface area contributed by atoms with Crippen LogP contribution in [0.5, 0.6) is 5.75 Å². The van der Waals surface area contributed by atoms with Crippen molar-refractivity contribution >= 4 is 44.9 Å². The molecule has 0 amide bonds. The fourth-order valence-electron chi connectivity index (χ4n) is 3.21. The molecule has 0 spiro atoms. The minimum absolute atomic E-state index is 0.0671. The van der Waals surface area contributed by atoms with E-state index in [0.717, 1.165) is 41.1 Å². The van der Waals surface area contributed by atoms with Crippen LogP contribution < -0.4 is 21.1 Å². The van der Waals surface area contributed by atoms with Crippen molar-refractivity contribution in [3.63, 3.8) is 0 Å². The summed E-state index contributed by atoms with van der Waals surface area (Å²) >= 11 is 1.09. The van der Waals surface area contributed by atoms with Crippen molar-refractivity contribution in [2.45, 2.75) is 12.1 Å². The number of nitrogens with zero attached hydrogens (tertiary/aromatic N) is 6. The molecule has 3 aromatic heterocycles. The Kier molecular flexibility index (Phi) is 6.32. The number of tetrazole rings is 1. The molecule has 1 unspecified atom stereocenters. The van der Waals surface area contributed by atoms with E-state index in [-0.39, 0.29) is 23.3 Å². The van der Waals surface area contributed by atoms with Gasteiger partial charge in [0.1, 0.15) is 23.9 Å². The smallest absolute Gasteiger partial charge is 0.360 e. The van der Waals surface area contributed by atoms with Crippen LogP contribution in [0.25, 0.3) is 10.9 Å². The number of pyridine rings is 1. The van der Waals surface area contributed by atoms with Gasteiger partial charge < -0.3 is 31.0 Å². The topological polar surface area (TPSA) is 198 Å². The molecule has 4 heterocycles. The number of ether oxygens (including phenoxy) is 1. The van der Waals surface area contributed by atoms with E-state index in [1.165, 1.54) is 5.38 Å². The molecule has 5 rings (SSSR count). The fraction of sp³-hybridized carbons (Fsp3) is 0.250. The number of anilines is 2. The molecule has 1 fully saturated rings. The first-order valence-electron chi connectivity index (χ1n) is 10.5. The lowest BCUT2D eigenvalue weighted by atomic mass is 10.1. The second-order valence-corrected chi connectivity index (χ2v) is 8.43. The lowest BCUT2D eigenvalue weighted by molar-refractivity contribution is -0.129. The van der Waals surface area contributed by atoms with Crippen LogP contribution in [0.1, 0.15) is 17.6 Å². The van der Waals surface area contributed by atoms with E-state index in [0.29, 0.717) is 11.8 Å². The summed E-state index contributed by atoms with van der Waals surface area (Å²) in [5, 5.41) is 36.1. The summed E-state index contributed by atoms with van der Waals surface area (Å²) < 4.78 is 5.88. The Morgan fingerprint density at radius 2 is 2.20 bits per heavy atom. The van der Waals surface area contributed by atoms with Gasteiger partial charge in [0.2, 0.25) is 17.6 Å². The van der Waals surface area contributed by atoms with Gasteiger partial charge in [-0.1, -0.05) is 10.4 Å². The summed E-state index contributed by atoms with van der Waals surface area (Å²) in [4.78, 5) is 25.6. The Morgan fingerprint density at radius 1 is 1.31 bits per heavy atom. The highest BCUT2D eigenvalue weighted by Gasteiger charge is 2.23. The molecule has 0 aliphatic carbocycles. The predicted molar refractivity (Wildman–Crippen MR) is 126 cm³/mol.